The predicted molar refractivity (Wildman–Crippen MR) is 93.6 cm³/mol. The first-order valence-corrected chi connectivity index (χ1v) is 8.37. The lowest BCUT2D eigenvalue weighted by Gasteiger charge is -2.00. The van der Waals surface area contributed by atoms with Gasteiger partial charge in [-0.05, 0) is 26.0 Å². The van der Waals surface area contributed by atoms with Crippen molar-refractivity contribution >= 4 is 34.8 Å². The van der Waals surface area contributed by atoms with Crippen LogP contribution in [0.5, 0.6) is 0 Å². The highest BCUT2D eigenvalue weighted by molar-refractivity contribution is 7.07. The van der Waals surface area contributed by atoms with Crippen LogP contribution < -0.4 is 20.1 Å². The molecular weight excluding hydrogens is 345 g/mol. The maximum atomic E-state index is 13.6. The van der Waals surface area contributed by atoms with Crippen molar-refractivity contribution in [2.45, 2.75) is 20.4 Å². The predicted octanol–water partition coefficient (Wildman–Crippen LogP) is 1.16. The highest BCUT2D eigenvalue weighted by atomic mass is 32.1. The molecule has 6 nitrogen and oxygen atoms in total. The van der Waals surface area contributed by atoms with Gasteiger partial charge >= 0.3 is 5.97 Å². The van der Waals surface area contributed by atoms with E-state index in [9.17, 15) is 19.2 Å². The summed E-state index contributed by atoms with van der Waals surface area (Å²) in [7, 11) is 0. The van der Waals surface area contributed by atoms with Gasteiger partial charge in [-0.1, -0.05) is 12.1 Å². The van der Waals surface area contributed by atoms with E-state index in [2.05, 4.69) is 5.32 Å². The highest BCUT2D eigenvalue weighted by Gasteiger charge is 2.16. The van der Waals surface area contributed by atoms with Gasteiger partial charge in [0.25, 0.3) is 5.56 Å². The van der Waals surface area contributed by atoms with Gasteiger partial charge in [0.2, 0.25) is 0 Å². The molecule has 1 heterocycles. The second-order valence-corrected chi connectivity index (χ2v) is 5.83. The third kappa shape index (κ3) is 3.95. The topological polar surface area (TPSA) is 84.1 Å². The summed E-state index contributed by atoms with van der Waals surface area (Å²) in [6, 6.07) is 7.84. The van der Waals surface area contributed by atoms with Crippen molar-refractivity contribution in [3.63, 3.8) is 0 Å². The van der Waals surface area contributed by atoms with Crippen LogP contribution in [0.3, 0.4) is 0 Å². The molecule has 0 saturated heterocycles. The summed E-state index contributed by atoms with van der Waals surface area (Å²) in [5.41, 5.74) is -0.380. The maximum absolute atomic E-state index is 13.6. The van der Waals surface area contributed by atoms with Crippen molar-refractivity contribution in [3.8, 4) is 6.07 Å². The molecule has 2 rings (SSSR count). The number of nitrogens with zero attached hydrogens (tertiary/aromatic N) is 2. The number of nitrogens with one attached hydrogen (secondary N) is 1. The Hall–Kier alpha value is -2.92. The molecule has 0 fully saturated rings. The highest BCUT2D eigenvalue weighted by Crippen LogP contribution is 2.11. The molecule has 1 aromatic carbocycles. The Morgan fingerprint density at radius 3 is 2.76 bits per heavy atom. The van der Waals surface area contributed by atoms with Gasteiger partial charge in [-0.2, -0.15) is 5.26 Å². The second-order valence-electron chi connectivity index (χ2n) is 4.80. The molecule has 0 aliphatic rings. The number of benzene rings is 1. The average molecular weight is 361 g/mol. The summed E-state index contributed by atoms with van der Waals surface area (Å²) >= 11 is 0.972. The summed E-state index contributed by atoms with van der Waals surface area (Å²) in [5.74, 6) is -1.23. The molecule has 0 bridgehead atoms. The van der Waals surface area contributed by atoms with Gasteiger partial charge in [0.15, 0.2) is 5.57 Å². The van der Waals surface area contributed by atoms with Crippen LogP contribution in [0.4, 0.5) is 10.1 Å². The molecule has 25 heavy (non-hydrogen) atoms. The molecule has 0 amide bonds. The van der Waals surface area contributed by atoms with Crippen LogP contribution in [-0.2, 0) is 16.1 Å². The Morgan fingerprint density at radius 1 is 1.44 bits per heavy atom. The van der Waals surface area contributed by atoms with Crippen LogP contribution in [0.2, 0.25) is 0 Å². The molecule has 0 radical (unpaired) electrons. The fourth-order valence-electron chi connectivity index (χ4n) is 2.10. The van der Waals surface area contributed by atoms with E-state index in [-0.39, 0.29) is 39.2 Å². The molecule has 0 aliphatic carbocycles. The summed E-state index contributed by atoms with van der Waals surface area (Å²) in [5, 5.41) is 12.0. The standard InChI is InChI=1S/C17H16FN3O3S/c1-3-21-15(22)14(10-20-13-8-6-5-7-12(13)18)25-16(21)11(9-19)17(23)24-4-2/h5-8,10,20H,3-4H2,1-2H3/b14-10+,16-11-. The molecule has 0 spiro atoms. The average Bonchev–Trinajstić information content (AvgIpc) is 2.91. The van der Waals surface area contributed by atoms with E-state index in [0.717, 1.165) is 11.3 Å². The lowest BCUT2D eigenvalue weighted by molar-refractivity contribution is -0.136. The zero-order valence-corrected chi connectivity index (χ0v) is 14.5. The van der Waals surface area contributed by atoms with E-state index < -0.39 is 11.8 Å². The first-order chi connectivity index (χ1) is 12.0. The fourth-order valence-corrected chi connectivity index (χ4v) is 3.18. The van der Waals surface area contributed by atoms with Crippen LogP contribution in [-0.4, -0.2) is 17.1 Å². The molecule has 0 saturated carbocycles. The van der Waals surface area contributed by atoms with Crippen molar-refractivity contribution in [2.75, 3.05) is 11.9 Å². The molecule has 0 atom stereocenters. The number of hydrogen-bond acceptors (Lipinski definition) is 6. The van der Waals surface area contributed by atoms with Crippen molar-refractivity contribution in [1.82, 2.24) is 4.57 Å². The number of thiazole rings is 1. The van der Waals surface area contributed by atoms with Gasteiger partial charge < -0.3 is 10.1 Å². The molecule has 2 aromatic rings. The molecule has 0 aliphatic heterocycles. The third-order valence-electron chi connectivity index (χ3n) is 3.26. The quantitative estimate of drug-likeness (QED) is 0.808. The van der Waals surface area contributed by atoms with Gasteiger partial charge in [-0.3, -0.25) is 9.36 Å². The number of carbonyl (C=O) groups is 1. The van der Waals surface area contributed by atoms with Crippen LogP contribution in [0.25, 0.3) is 11.8 Å². The Balaban J connectivity index is 2.60. The Morgan fingerprint density at radius 2 is 2.16 bits per heavy atom. The van der Waals surface area contributed by atoms with E-state index in [4.69, 9.17) is 4.74 Å². The Bertz CT molecular complexity index is 1000. The smallest absolute Gasteiger partial charge is 0.351 e. The van der Waals surface area contributed by atoms with Crippen LogP contribution in [0, 0.1) is 17.1 Å². The van der Waals surface area contributed by atoms with Gasteiger partial charge in [-0.15, -0.1) is 11.3 Å². The number of aromatic nitrogens is 1. The lowest BCUT2D eigenvalue weighted by atomic mass is 10.3. The maximum Gasteiger partial charge on any atom is 0.351 e. The zero-order chi connectivity index (χ0) is 18.4. The van der Waals surface area contributed by atoms with Gasteiger partial charge in [-0.25, -0.2) is 9.18 Å². The molecular formula is C17H16FN3O3S. The van der Waals surface area contributed by atoms with E-state index in [1.54, 1.807) is 32.0 Å². The molecule has 8 heteroatoms. The van der Waals surface area contributed by atoms with Crippen molar-refractivity contribution in [2.24, 2.45) is 0 Å². The van der Waals surface area contributed by atoms with Crippen LogP contribution >= 0.6 is 11.3 Å². The Kier molecular flexibility index (Phi) is 6.08. The molecule has 130 valence electrons. The minimum Gasteiger partial charge on any atom is -0.462 e. The number of para-hydroxylation sites is 1. The Labute approximate surface area is 147 Å². The normalized spacial score (nSPS) is 12.5. The summed E-state index contributed by atoms with van der Waals surface area (Å²) in [6.07, 6.45) is 1.36. The largest absolute Gasteiger partial charge is 0.462 e. The van der Waals surface area contributed by atoms with Crippen molar-refractivity contribution < 1.29 is 13.9 Å². The number of hydrogen-bond donors (Lipinski definition) is 1. The summed E-state index contributed by atoms with van der Waals surface area (Å²) in [6.45, 7) is 3.76. The van der Waals surface area contributed by atoms with Crippen LogP contribution in [0.15, 0.2) is 29.1 Å². The van der Waals surface area contributed by atoms with Crippen molar-refractivity contribution in [3.05, 3.63) is 49.6 Å². The number of anilines is 1. The van der Waals surface area contributed by atoms with Gasteiger partial charge in [0, 0.05) is 12.7 Å². The minimum atomic E-state index is -0.776. The van der Waals surface area contributed by atoms with E-state index in [1.165, 1.54) is 22.9 Å². The molecule has 1 aromatic heterocycles. The number of esters is 1. The van der Waals surface area contributed by atoms with E-state index in [0.29, 0.717) is 0 Å². The van der Waals surface area contributed by atoms with Crippen molar-refractivity contribution in [1.29, 1.82) is 5.26 Å². The first-order valence-electron chi connectivity index (χ1n) is 7.55. The monoisotopic (exact) mass is 361 g/mol. The number of carbonyl (C=O) groups excluding carboxylic acids is 1. The first kappa shape index (κ1) is 18.4. The number of rotatable bonds is 5. The summed E-state index contributed by atoms with van der Waals surface area (Å²) in [4.78, 5) is 24.4. The number of nitriles is 1. The second kappa shape index (κ2) is 8.26. The van der Waals surface area contributed by atoms with Crippen LogP contribution in [0.1, 0.15) is 13.8 Å². The van der Waals surface area contributed by atoms with Gasteiger partial charge in [0.05, 0.1) is 12.3 Å². The number of ether oxygens (including phenoxy) is 1. The third-order valence-corrected chi connectivity index (χ3v) is 4.39. The lowest BCUT2D eigenvalue weighted by Crippen LogP contribution is -2.32. The van der Waals surface area contributed by atoms with Gasteiger partial charge in [0.1, 0.15) is 21.1 Å². The van der Waals surface area contributed by atoms with E-state index >= 15 is 0 Å². The number of halogens is 1. The SMILES string of the molecule is CCOC(=O)/C(C#N)=c1\s/c(=C/Nc2ccccc2F)c(=O)n1CC. The summed E-state index contributed by atoms with van der Waals surface area (Å²) < 4.78 is 20.3. The van der Waals surface area contributed by atoms with E-state index in [1.807, 2.05) is 0 Å². The minimum absolute atomic E-state index is 0.125. The molecule has 1 N–H and O–H groups in total. The molecule has 0 unspecified atom stereocenters. The fraction of sp³-hybridized carbons (Fsp3) is 0.235. The zero-order valence-electron chi connectivity index (χ0n) is 13.7.